The SMILES string of the molecule is N#C/C(=C/c1cn(Cc2ccccc2Cl)c2ccccc12)C(=O)Nc1ccccc1. The Morgan fingerprint density at radius 1 is 1.00 bits per heavy atom. The molecular weight excluding hydrogens is 394 g/mol. The van der Waals surface area contributed by atoms with E-state index in [0.29, 0.717) is 17.3 Å². The first kappa shape index (κ1) is 19.5. The van der Waals surface area contributed by atoms with Crippen LogP contribution in [-0.4, -0.2) is 10.5 Å². The van der Waals surface area contributed by atoms with E-state index in [9.17, 15) is 10.1 Å². The minimum Gasteiger partial charge on any atom is -0.342 e. The van der Waals surface area contributed by atoms with Gasteiger partial charge < -0.3 is 9.88 Å². The van der Waals surface area contributed by atoms with E-state index in [0.717, 1.165) is 22.0 Å². The Morgan fingerprint density at radius 3 is 2.47 bits per heavy atom. The van der Waals surface area contributed by atoms with Crippen molar-refractivity contribution in [3.8, 4) is 6.07 Å². The molecule has 0 saturated heterocycles. The largest absolute Gasteiger partial charge is 0.342 e. The van der Waals surface area contributed by atoms with Crippen molar-refractivity contribution in [3.63, 3.8) is 0 Å². The summed E-state index contributed by atoms with van der Waals surface area (Å²) >= 11 is 6.34. The molecule has 1 amide bonds. The summed E-state index contributed by atoms with van der Waals surface area (Å²) in [5, 5.41) is 14.0. The molecule has 0 aliphatic carbocycles. The second-order valence-corrected chi connectivity index (χ2v) is 7.22. The number of benzene rings is 3. The summed E-state index contributed by atoms with van der Waals surface area (Å²) in [5.74, 6) is -0.438. The number of rotatable bonds is 5. The molecule has 5 heteroatoms. The third-order valence-corrected chi connectivity index (χ3v) is 5.18. The van der Waals surface area contributed by atoms with Crippen LogP contribution in [0.2, 0.25) is 5.02 Å². The quantitative estimate of drug-likeness (QED) is 0.329. The summed E-state index contributed by atoms with van der Waals surface area (Å²) in [4.78, 5) is 12.6. The van der Waals surface area contributed by atoms with E-state index in [1.165, 1.54) is 0 Å². The fraction of sp³-hybridized carbons (Fsp3) is 0.0400. The topological polar surface area (TPSA) is 57.8 Å². The highest BCUT2D eigenvalue weighted by Gasteiger charge is 2.13. The Labute approximate surface area is 179 Å². The van der Waals surface area contributed by atoms with Gasteiger partial charge in [-0.1, -0.05) is 66.2 Å². The predicted octanol–water partition coefficient (Wildman–Crippen LogP) is 5.89. The number of hydrogen-bond acceptors (Lipinski definition) is 2. The third kappa shape index (κ3) is 4.12. The number of fused-ring (bicyclic) bond motifs is 1. The van der Waals surface area contributed by atoms with Crippen molar-refractivity contribution < 1.29 is 4.79 Å². The van der Waals surface area contributed by atoms with Crippen LogP contribution in [0.1, 0.15) is 11.1 Å². The average molecular weight is 412 g/mol. The van der Waals surface area contributed by atoms with Crippen molar-refractivity contribution in [1.29, 1.82) is 5.26 Å². The monoisotopic (exact) mass is 411 g/mol. The standard InChI is InChI=1S/C25H18ClN3O/c26-23-12-6-4-8-18(23)16-29-17-20(22-11-5-7-13-24(22)29)14-19(15-27)25(30)28-21-9-2-1-3-10-21/h1-14,17H,16H2,(H,28,30)/b19-14-. The first-order valence-corrected chi connectivity index (χ1v) is 9.83. The molecule has 4 aromatic rings. The number of carbonyl (C=O) groups excluding carboxylic acids is 1. The van der Waals surface area contributed by atoms with Gasteiger partial charge in [0.1, 0.15) is 11.6 Å². The molecule has 1 heterocycles. The minimum absolute atomic E-state index is 0.0412. The van der Waals surface area contributed by atoms with Gasteiger partial charge in [-0.2, -0.15) is 5.26 Å². The first-order valence-electron chi connectivity index (χ1n) is 9.45. The second kappa shape index (κ2) is 8.69. The van der Waals surface area contributed by atoms with Gasteiger partial charge in [0.25, 0.3) is 5.91 Å². The third-order valence-electron chi connectivity index (χ3n) is 4.81. The Morgan fingerprint density at radius 2 is 1.70 bits per heavy atom. The van der Waals surface area contributed by atoms with E-state index in [-0.39, 0.29) is 5.57 Å². The molecule has 0 bridgehead atoms. The van der Waals surface area contributed by atoms with Crippen LogP contribution in [0.3, 0.4) is 0 Å². The molecule has 0 atom stereocenters. The van der Waals surface area contributed by atoms with Crippen LogP contribution in [0.5, 0.6) is 0 Å². The Hall–Kier alpha value is -3.81. The molecule has 0 aliphatic rings. The molecule has 4 nitrogen and oxygen atoms in total. The van der Waals surface area contributed by atoms with Gasteiger partial charge in [-0.15, -0.1) is 0 Å². The van der Waals surface area contributed by atoms with Crippen molar-refractivity contribution in [3.05, 3.63) is 107 Å². The molecule has 0 saturated carbocycles. The maximum atomic E-state index is 12.6. The van der Waals surface area contributed by atoms with E-state index in [2.05, 4.69) is 9.88 Å². The summed E-state index contributed by atoms with van der Waals surface area (Å²) in [6.07, 6.45) is 3.57. The zero-order chi connectivity index (χ0) is 20.9. The number of halogens is 1. The molecule has 0 aliphatic heterocycles. The van der Waals surface area contributed by atoms with Crippen molar-refractivity contribution in [2.24, 2.45) is 0 Å². The number of amides is 1. The van der Waals surface area contributed by atoms with Crippen LogP contribution in [0.4, 0.5) is 5.69 Å². The zero-order valence-corrected chi connectivity index (χ0v) is 16.8. The van der Waals surface area contributed by atoms with Gasteiger partial charge in [0.2, 0.25) is 0 Å². The van der Waals surface area contributed by atoms with Crippen LogP contribution in [0.25, 0.3) is 17.0 Å². The zero-order valence-electron chi connectivity index (χ0n) is 16.0. The molecule has 146 valence electrons. The van der Waals surface area contributed by atoms with Gasteiger partial charge in [0, 0.05) is 39.9 Å². The van der Waals surface area contributed by atoms with Gasteiger partial charge in [0.15, 0.2) is 0 Å². The Balaban J connectivity index is 1.70. The van der Waals surface area contributed by atoms with Crippen LogP contribution < -0.4 is 5.32 Å². The molecule has 1 N–H and O–H groups in total. The van der Waals surface area contributed by atoms with Crippen molar-refractivity contribution in [2.75, 3.05) is 5.32 Å². The van der Waals surface area contributed by atoms with Gasteiger partial charge in [-0.25, -0.2) is 0 Å². The highest BCUT2D eigenvalue weighted by molar-refractivity contribution is 6.31. The number of nitrogens with one attached hydrogen (secondary N) is 1. The number of hydrogen-bond donors (Lipinski definition) is 1. The van der Waals surface area contributed by atoms with Crippen LogP contribution >= 0.6 is 11.6 Å². The smallest absolute Gasteiger partial charge is 0.266 e. The lowest BCUT2D eigenvalue weighted by Crippen LogP contribution is -2.13. The molecular formula is C25H18ClN3O. The van der Waals surface area contributed by atoms with E-state index in [4.69, 9.17) is 11.6 Å². The lowest BCUT2D eigenvalue weighted by Gasteiger charge is -2.07. The van der Waals surface area contributed by atoms with Crippen molar-refractivity contribution in [1.82, 2.24) is 4.57 Å². The first-order chi connectivity index (χ1) is 14.7. The lowest BCUT2D eigenvalue weighted by molar-refractivity contribution is -0.112. The molecule has 0 radical (unpaired) electrons. The highest BCUT2D eigenvalue weighted by Crippen LogP contribution is 2.26. The number of carbonyl (C=O) groups is 1. The number of aromatic nitrogens is 1. The Kier molecular flexibility index (Phi) is 5.65. The number of nitriles is 1. The lowest BCUT2D eigenvalue weighted by atomic mass is 10.1. The molecule has 30 heavy (non-hydrogen) atoms. The highest BCUT2D eigenvalue weighted by atomic mass is 35.5. The molecule has 0 spiro atoms. The maximum absolute atomic E-state index is 12.6. The van der Waals surface area contributed by atoms with Gasteiger partial charge in [-0.3, -0.25) is 4.79 Å². The van der Waals surface area contributed by atoms with E-state index >= 15 is 0 Å². The molecule has 1 aromatic heterocycles. The van der Waals surface area contributed by atoms with Gasteiger partial charge in [-0.05, 0) is 35.9 Å². The van der Waals surface area contributed by atoms with Crippen LogP contribution in [-0.2, 0) is 11.3 Å². The Bertz CT molecular complexity index is 1280. The minimum atomic E-state index is -0.438. The van der Waals surface area contributed by atoms with Crippen molar-refractivity contribution >= 4 is 40.2 Å². The summed E-state index contributed by atoms with van der Waals surface area (Å²) in [5.41, 5.74) is 3.49. The molecule has 0 fully saturated rings. The molecule has 4 rings (SSSR count). The summed E-state index contributed by atoms with van der Waals surface area (Å²) in [7, 11) is 0. The fourth-order valence-corrected chi connectivity index (χ4v) is 3.55. The van der Waals surface area contributed by atoms with Crippen LogP contribution in [0, 0.1) is 11.3 Å². The normalized spacial score (nSPS) is 11.3. The fourth-order valence-electron chi connectivity index (χ4n) is 3.36. The number of nitrogens with zero attached hydrogens (tertiary/aromatic N) is 2. The second-order valence-electron chi connectivity index (χ2n) is 6.81. The number of anilines is 1. The summed E-state index contributed by atoms with van der Waals surface area (Å²) in [6, 6.07) is 26.7. The maximum Gasteiger partial charge on any atom is 0.266 e. The average Bonchev–Trinajstić information content (AvgIpc) is 3.11. The predicted molar refractivity (Wildman–Crippen MR) is 121 cm³/mol. The molecule has 0 unspecified atom stereocenters. The summed E-state index contributed by atoms with van der Waals surface area (Å²) < 4.78 is 2.08. The van der Waals surface area contributed by atoms with Crippen LogP contribution in [0.15, 0.2) is 90.6 Å². The molecule has 3 aromatic carbocycles. The van der Waals surface area contributed by atoms with E-state index in [1.54, 1.807) is 18.2 Å². The van der Waals surface area contributed by atoms with Crippen molar-refractivity contribution in [2.45, 2.75) is 6.54 Å². The summed E-state index contributed by atoms with van der Waals surface area (Å²) in [6.45, 7) is 0.589. The van der Waals surface area contributed by atoms with Gasteiger partial charge in [0.05, 0.1) is 0 Å². The van der Waals surface area contributed by atoms with Gasteiger partial charge >= 0.3 is 0 Å². The van der Waals surface area contributed by atoms with E-state index < -0.39 is 5.91 Å². The van der Waals surface area contributed by atoms with E-state index in [1.807, 2.05) is 79.0 Å². The number of para-hydroxylation sites is 2.